The highest BCUT2D eigenvalue weighted by Crippen LogP contribution is 2.23. The zero-order chi connectivity index (χ0) is 10.4. The van der Waals surface area contributed by atoms with Crippen LogP contribution in [0.1, 0.15) is 5.69 Å². The van der Waals surface area contributed by atoms with Gasteiger partial charge in [0.25, 0.3) is 0 Å². The molecule has 0 radical (unpaired) electrons. The second-order valence-electron chi connectivity index (χ2n) is 2.71. The van der Waals surface area contributed by atoms with Crippen molar-refractivity contribution in [3.05, 3.63) is 11.8 Å². The first-order valence-electron chi connectivity index (χ1n) is 4.26. The van der Waals surface area contributed by atoms with Crippen LogP contribution in [0.15, 0.2) is 16.1 Å². The molecule has 1 heterocycles. The van der Waals surface area contributed by atoms with E-state index in [-0.39, 0.29) is 0 Å². The van der Waals surface area contributed by atoms with Gasteiger partial charge in [0.05, 0.1) is 5.69 Å². The van der Waals surface area contributed by atoms with Crippen molar-refractivity contribution >= 4 is 24.9 Å². The van der Waals surface area contributed by atoms with Gasteiger partial charge in [-0.15, -0.1) is 5.10 Å². The SMILES string of the molecule is C=Nc1cc(CCNC)nnc1N=C. The molecule has 0 saturated carbocycles. The zero-order valence-electron chi connectivity index (χ0n) is 8.19. The molecular formula is C9H13N5. The van der Waals surface area contributed by atoms with Crippen molar-refractivity contribution in [2.45, 2.75) is 6.42 Å². The fraction of sp³-hybridized carbons (Fsp3) is 0.333. The molecule has 1 aromatic heterocycles. The van der Waals surface area contributed by atoms with E-state index in [0.717, 1.165) is 18.7 Å². The molecule has 0 aliphatic carbocycles. The fourth-order valence-corrected chi connectivity index (χ4v) is 1.02. The van der Waals surface area contributed by atoms with E-state index in [1.807, 2.05) is 13.1 Å². The molecule has 1 rings (SSSR count). The number of aliphatic imine (C=N–C) groups is 2. The summed E-state index contributed by atoms with van der Waals surface area (Å²) >= 11 is 0. The van der Waals surface area contributed by atoms with Crippen LogP contribution >= 0.6 is 0 Å². The number of hydrogen-bond donors (Lipinski definition) is 1. The summed E-state index contributed by atoms with van der Waals surface area (Å²) in [5.41, 5.74) is 1.50. The highest BCUT2D eigenvalue weighted by molar-refractivity contribution is 5.62. The van der Waals surface area contributed by atoms with Gasteiger partial charge in [-0.05, 0) is 26.5 Å². The lowest BCUT2D eigenvalue weighted by atomic mass is 10.2. The number of nitrogens with one attached hydrogen (secondary N) is 1. The molecule has 0 spiro atoms. The van der Waals surface area contributed by atoms with Crippen LogP contribution in [0.5, 0.6) is 0 Å². The Morgan fingerprint density at radius 2 is 2.14 bits per heavy atom. The molecule has 74 valence electrons. The summed E-state index contributed by atoms with van der Waals surface area (Å²) in [6.07, 6.45) is 0.809. The van der Waals surface area contributed by atoms with Crippen molar-refractivity contribution in [1.82, 2.24) is 15.5 Å². The molecule has 0 bridgehead atoms. The lowest BCUT2D eigenvalue weighted by Crippen LogP contribution is -2.11. The minimum absolute atomic E-state index is 0.424. The molecule has 0 aliphatic heterocycles. The van der Waals surface area contributed by atoms with Crippen molar-refractivity contribution in [2.75, 3.05) is 13.6 Å². The largest absolute Gasteiger partial charge is 0.319 e. The molecular weight excluding hydrogens is 178 g/mol. The summed E-state index contributed by atoms with van der Waals surface area (Å²) in [7, 11) is 1.89. The van der Waals surface area contributed by atoms with E-state index in [2.05, 4.69) is 38.9 Å². The number of nitrogens with zero attached hydrogens (tertiary/aromatic N) is 4. The molecule has 0 aliphatic rings. The summed E-state index contributed by atoms with van der Waals surface area (Å²) in [6, 6.07) is 1.82. The Hall–Kier alpha value is -1.62. The smallest absolute Gasteiger partial charge is 0.199 e. The Bertz CT molecular complexity index is 334. The number of aromatic nitrogens is 2. The third-order valence-electron chi connectivity index (χ3n) is 1.76. The molecule has 0 fully saturated rings. The van der Waals surface area contributed by atoms with Crippen LogP contribution < -0.4 is 5.32 Å². The van der Waals surface area contributed by atoms with Gasteiger partial charge >= 0.3 is 0 Å². The Morgan fingerprint density at radius 3 is 2.71 bits per heavy atom. The van der Waals surface area contributed by atoms with Crippen molar-refractivity contribution in [3.63, 3.8) is 0 Å². The van der Waals surface area contributed by atoms with Crippen LogP contribution in [0.4, 0.5) is 11.5 Å². The minimum atomic E-state index is 0.424. The van der Waals surface area contributed by atoms with Gasteiger partial charge in [0.15, 0.2) is 5.82 Å². The minimum Gasteiger partial charge on any atom is -0.319 e. The maximum Gasteiger partial charge on any atom is 0.199 e. The lowest BCUT2D eigenvalue weighted by molar-refractivity contribution is 0.762. The molecule has 0 unspecified atom stereocenters. The first-order valence-corrected chi connectivity index (χ1v) is 4.26. The van der Waals surface area contributed by atoms with Gasteiger partial charge in [0, 0.05) is 13.0 Å². The van der Waals surface area contributed by atoms with E-state index in [1.165, 1.54) is 0 Å². The second-order valence-corrected chi connectivity index (χ2v) is 2.71. The average Bonchev–Trinajstić information content (AvgIpc) is 2.25. The van der Waals surface area contributed by atoms with Gasteiger partial charge in [0.2, 0.25) is 0 Å². The van der Waals surface area contributed by atoms with Crippen LogP contribution in [-0.4, -0.2) is 37.2 Å². The molecule has 1 N–H and O–H groups in total. The summed E-state index contributed by atoms with van der Waals surface area (Å²) in [5, 5.41) is 10.9. The van der Waals surface area contributed by atoms with Crippen molar-refractivity contribution in [1.29, 1.82) is 0 Å². The summed E-state index contributed by atoms with van der Waals surface area (Å²) < 4.78 is 0. The highest BCUT2D eigenvalue weighted by Gasteiger charge is 2.03. The van der Waals surface area contributed by atoms with Gasteiger partial charge < -0.3 is 5.32 Å². The van der Waals surface area contributed by atoms with Gasteiger partial charge in [-0.25, -0.2) is 4.99 Å². The summed E-state index contributed by atoms with van der Waals surface area (Å²) in [6.45, 7) is 7.67. The Labute approximate surface area is 83.0 Å². The van der Waals surface area contributed by atoms with Crippen molar-refractivity contribution in [3.8, 4) is 0 Å². The Kier molecular flexibility index (Phi) is 3.87. The van der Waals surface area contributed by atoms with Gasteiger partial charge in [0.1, 0.15) is 5.69 Å². The Morgan fingerprint density at radius 1 is 1.36 bits per heavy atom. The van der Waals surface area contributed by atoms with E-state index >= 15 is 0 Å². The monoisotopic (exact) mass is 191 g/mol. The van der Waals surface area contributed by atoms with Crippen LogP contribution in [0.3, 0.4) is 0 Å². The van der Waals surface area contributed by atoms with E-state index < -0.39 is 0 Å². The zero-order valence-corrected chi connectivity index (χ0v) is 8.19. The predicted molar refractivity (Wildman–Crippen MR) is 58.1 cm³/mol. The molecule has 0 amide bonds. The first-order chi connectivity index (χ1) is 6.81. The standard InChI is InChI=1S/C9H13N5/c1-10-5-4-7-6-8(11-2)9(12-3)14-13-7/h6,10H,2-5H2,1H3. The van der Waals surface area contributed by atoms with Crippen molar-refractivity contribution < 1.29 is 0 Å². The average molecular weight is 191 g/mol. The van der Waals surface area contributed by atoms with Gasteiger partial charge in [-0.3, -0.25) is 4.99 Å². The molecule has 0 atom stereocenters. The third kappa shape index (κ3) is 2.43. The summed E-state index contributed by atoms with van der Waals surface area (Å²) in [5.74, 6) is 0.424. The topological polar surface area (TPSA) is 62.5 Å². The number of rotatable bonds is 5. The Balaban J connectivity index is 2.89. The van der Waals surface area contributed by atoms with Crippen molar-refractivity contribution in [2.24, 2.45) is 9.98 Å². The second kappa shape index (κ2) is 5.18. The molecule has 0 saturated heterocycles. The molecule has 1 aromatic rings. The molecule has 5 nitrogen and oxygen atoms in total. The normalized spacial score (nSPS) is 9.79. The van der Waals surface area contributed by atoms with E-state index in [9.17, 15) is 0 Å². The van der Waals surface area contributed by atoms with Crippen LogP contribution in [0, 0.1) is 0 Å². The maximum absolute atomic E-state index is 3.98. The predicted octanol–water partition coefficient (Wildman–Crippen LogP) is 0.903. The summed E-state index contributed by atoms with van der Waals surface area (Å²) in [4.78, 5) is 7.49. The van der Waals surface area contributed by atoms with E-state index in [0.29, 0.717) is 11.5 Å². The lowest BCUT2D eigenvalue weighted by Gasteiger charge is -2.01. The highest BCUT2D eigenvalue weighted by atomic mass is 15.2. The quantitative estimate of drug-likeness (QED) is 0.703. The van der Waals surface area contributed by atoms with Gasteiger partial charge in [-0.1, -0.05) is 0 Å². The fourth-order valence-electron chi connectivity index (χ4n) is 1.02. The first kappa shape index (κ1) is 10.5. The molecule has 5 heteroatoms. The van der Waals surface area contributed by atoms with E-state index in [1.54, 1.807) is 0 Å². The van der Waals surface area contributed by atoms with Gasteiger partial charge in [-0.2, -0.15) is 5.10 Å². The van der Waals surface area contributed by atoms with Crippen LogP contribution in [-0.2, 0) is 6.42 Å². The maximum atomic E-state index is 3.98. The molecule has 0 aromatic carbocycles. The van der Waals surface area contributed by atoms with Crippen LogP contribution in [0.25, 0.3) is 0 Å². The number of hydrogen-bond acceptors (Lipinski definition) is 5. The molecule has 14 heavy (non-hydrogen) atoms. The van der Waals surface area contributed by atoms with E-state index in [4.69, 9.17) is 0 Å². The third-order valence-corrected chi connectivity index (χ3v) is 1.76. The number of likely N-dealkylation sites (N-methyl/N-ethyl adjacent to an activating group) is 1. The van der Waals surface area contributed by atoms with Crippen LogP contribution in [0.2, 0.25) is 0 Å².